The summed E-state index contributed by atoms with van der Waals surface area (Å²) in [5.74, 6) is 0. The van der Waals surface area contributed by atoms with Crippen LogP contribution in [-0.2, 0) is 0 Å². The van der Waals surface area contributed by atoms with Crippen molar-refractivity contribution in [3.05, 3.63) is 121 Å². The summed E-state index contributed by atoms with van der Waals surface area (Å²) in [4.78, 5) is 0. The molecule has 5 aromatic carbocycles. The highest BCUT2D eigenvalue weighted by Crippen LogP contribution is 2.41. The van der Waals surface area contributed by atoms with Crippen LogP contribution in [0.25, 0.3) is 55.0 Å². The fourth-order valence-electron chi connectivity index (χ4n) is 5.43. The lowest BCUT2D eigenvalue weighted by Crippen LogP contribution is -1.97. The molecule has 0 radical (unpaired) electrons. The van der Waals surface area contributed by atoms with Gasteiger partial charge in [0.2, 0.25) is 0 Å². The van der Waals surface area contributed by atoms with Gasteiger partial charge in [-0.2, -0.15) is 0 Å². The molecule has 33 heavy (non-hydrogen) atoms. The van der Waals surface area contributed by atoms with Crippen molar-refractivity contribution in [1.82, 2.24) is 9.13 Å². The molecule has 156 valence electrons. The normalized spacial score (nSPS) is 11.8. The number of aromatic nitrogens is 2. The number of hydrogen-bond donors (Lipinski definition) is 0. The number of para-hydroxylation sites is 4. The third kappa shape index (κ3) is 2.49. The molecule has 7 aromatic rings. The summed E-state index contributed by atoms with van der Waals surface area (Å²) in [5.41, 5.74) is 8.65. The van der Waals surface area contributed by atoms with Gasteiger partial charge in [0.15, 0.2) is 0 Å². The Balaban J connectivity index is 1.77. The molecular weight excluding hydrogens is 400 g/mol. The standard InChI is InChI=1S/C31H22N2/c1-21-11-5-8-16-26(21)33-28-18-10-7-15-25(28)30-29(33)20-19-24-23-14-6-9-17-27(23)32(31(24)30)22-12-3-2-4-13-22/h2-20H,1H3. The molecule has 0 bridgehead atoms. The van der Waals surface area contributed by atoms with Crippen molar-refractivity contribution in [3.63, 3.8) is 0 Å². The Hall–Kier alpha value is -4.30. The number of hydrogen-bond acceptors (Lipinski definition) is 0. The molecule has 0 fully saturated rings. The maximum Gasteiger partial charge on any atom is 0.0641 e. The van der Waals surface area contributed by atoms with Crippen molar-refractivity contribution in [2.24, 2.45) is 0 Å². The van der Waals surface area contributed by atoms with Gasteiger partial charge in [0, 0.05) is 32.9 Å². The second-order valence-corrected chi connectivity index (χ2v) is 8.68. The quantitative estimate of drug-likeness (QED) is 0.266. The summed E-state index contributed by atoms with van der Waals surface area (Å²) in [6.07, 6.45) is 0. The largest absolute Gasteiger partial charge is 0.309 e. The van der Waals surface area contributed by atoms with Crippen molar-refractivity contribution >= 4 is 43.6 Å². The van der Waals surface area contributed by atoms with E-state index in [1.54, 1.807) is 0 Å². The Bertz CT molecular complexity index is 1820. The molecule has 2 heteroatoms. The van der Waals surface area contributed by atoms with Crippen molar-refractivity contribution in [2.45, 2.75) is 6.92 Å². The van der Waals surface area contributed by atoms with Gasteiger partial charge in [0.1, 0.15) is 0 Å². The Kier molecular flexibility index (Phi) is 3.80. The van der Waals surface area contributed by atoms with Crippen LogP contribution in [0.3, 0.4) is 0 Å². The molecule has 2 heterocycles. The monoisotopic (exact) mass is 422 g/mol. The molecule has 0 atom stereocenters. The Morgan fingerprint density at radius 2 is 1.09 bits per heavy atom. The van der Waals surface area contributed by atoms with E-state index in [4.69, 9.17) is 0 Å². The van der Waals surface area contributed by atoms with Crippen molar-refractivity contribution in [1.29, 1.82) is 0 Å². The molecule has 0 aliphatic rings. The topological polar surface area (TPSA) is 9.86 Å². The van der Waals surface area contributed by atoms with E-state index in [1.165, 1.54) is 60.5 Å². The first-order valence-electron chi connectivity index (χ1n) is 11.4. The molecule has 0 saturated heterocycles. The molecule has 0 aliphatic carbocycles. The highest BCUT2D eigenvalue weighted by atomic mass is 15.0. The van der Waals surface area contributed by atoms with Gasteiger partial charge in [-0.15, -0.1) is 0 Å². The molecular formula is C31H22N2. The molecule has 0 spiro atoms. The Morgan fingerprint density at radius 1 is 0.455 bits per heavy atom. The van der Waals surface area contributed by atoms with E-state index in [9.17, 15) is 0 Å². The van der Waals surface area contributed by atoms with Crippen molar-refractivity contribution in [2.75, 3.05) is 0 Å². The van der Waals surface area contributed by atoms with Crippen LogP contribution in [0, 0.1) is 6.92 Å². The summed E-state index contributed by atoms with van der Waals surface area (Å²) in [6, 6.07) is 41.5. The molecule has 2 aromatic heterocycles. The highest BCUT2D eigenvalue weighted by Gasteiger charge is 2.20. The zero-order valence-corrected chi connectivity index (χ0v) is 18.4. The van der Waals surface area contributed by atoms with E-state index in [0.717, 1.165) is 0 Å². The zero-order chi connectivity index (χ0) is 21.9. The minimum absolute atomic E-state index is 1.18. The fourth-order valence-corrected chi connectivity index (χ4v) is 5.43. The van der Waals surface area contributed by atoms with Crippen molar-refractivity contribution in [3.8, 4) is 11.4 Å². The minimum atomic E-state index is 1.18. The van der Waals surface area contributed by atoms with Crippen LogP contribution >= 0.6 is 0 Å². The van der Waals surface area contributed by atoms with Gasteiger partial charge < -0.3 is 9.13 Å². The summed E-state index contributed by atoms with van der Waals surface area (Å²) >= 11 is 0. The average Bonchev–Trinajstić information content (AvgIpc) is 3.38. The van der Waals surface area contributed by atoms with Crippen molar-refractivity contribution < 1.29 is 0 Å². The maximum absolute atomic E-state index is 2.43. The lowest BCUT2D eigenvalue weighted by Gasteiger charge is -2.11. The highest BCUT2D eigenvalue weighted by molar-refractivity contribution is 6.26. The van der Waals surface area contributed by atoms with Crippen LogP contribution in [-0.4, -0.2) is 9.13 Å². The molecule has 7 rings (SSSR count). The van der Waals surface area contributed by atoms with E-state index in [1.807, 2.05) is 0 Å². The van der Waals surface area contributed by atoms with E-state index in [-0.39, 0.29) is 0 Å². The van der Waals surface area contributed by atoms with Gasteiger partial charge in [-0.1, -0.05) is 78.9 Å². The van der Waals surface area contributed by atoms with E-state index < -0.39 is 0 Å². The summed E-state index contributed by atoms with van der Waals surface area (Å²) in [5, 5.41) is 5.15. The van der Waals surface area contributed by atoms with Crippen LogP contribution in [0.15, 0.2) is 115 Å². The maximum atomic E-state index is 2.43. The van der Waals surface area contributed by atoms with E-state index in [2.05, 4.69) is 131 Å². The Morgan fingerprint density at radius 3 is 1.88 bits per heavy atom. The van der Waals surface area contributed by atoms with Gasteiger partial charge in [0.05, 0.1) is 22.1 Å². The first kappa shape index (κ1) is 18.3. The molecule has 0 aliphatic heterocycles. The molecule has 2 nitrogen and oxygen atoms in total. The van der Waals surface area contributed by atoms with E-state index >= 15 is 0 Å². The van der Waals surface area contributed by atoms with Crippen LogP contribution < -0.4 is 0 Å². The summed E-state index contributed by atoms with van der Waals surface area (Å²) in [7, 11) is 0. The average molecular weight is 423 g/mol. The fraction of sp³-hybridized carbons (Fsp3) is 0.0323. The minimum Gasteiger partial charge on any atom is -0.309 e. The predicted molar refractivity (Wildman–Crippen MR) is 140 cm³/mol. The number of aryl methyl sites for hydroxylation is 1. The van der Waals surface area contributed by atoms with Gasteiger partial charge in [-0.3, -0.25) is 0 Å². The molecule has 0 amide bonds. The number of benzene rings is 5. The van der Waals surface area contributed by atoms with Crippen LogP contribution in [0.1, 0.15) is 5.56 Å². The number of rotatable bonds is 2. The lowest BCUT2D eigenvalue weighted by molar-refractivity contribution is 1.15. The molecule has 0 saturated carbocycles. The lowest BCUT2D eigenvalue weighted by atomic mass is 10.1. The predicted octanol–water partition coefficient (Wildman–Crippen LogP) is 8.19. The molecule has 0 unspecified atom stereocenters. The van der Waals surface area contributed by atoms with E-state index in [0.29, 0.717) is 0 Å². The first-order chi connectivity index (χ1) is 16.3. The van der Waals surface area contributed by atoms with Crippen LogP contribution in [0.5, 0.6) is 0 Å². The van der Waals surface area contributed by atoms with Gasteiger partial charge >= 0.3 is 0 Å². The van der Waals surface area contributed by atoms with Crippen LogP contribution in [0.2, 0.25) is 0 Å². The van der Waals surface area contributed by atoms with Gasteiger partial charge in [-0.05, 0) is 48.9 Å². The number of fused-ring (bicyclic) bond motifs is 7. The Labute approximate surface area is 191 Å². The molecule has 0 N–H and O–H groups in total. The van der Waals surface area contributed by atoms with Gasteiger partial charge in [0.25, 0.3) is 0 Å². The SMILES string of the molecule is Cc1ccccc1-n1c2ccccc2c2c1ccc1c3ccccc3n(-c3ccccc3)c12. The van der Waals surface area contributed by atoms with Crippen LogP contribution in [0.4, 0.5) is 0 Å². The summed E-state index contributed by atoms with van der Waals surface area (Å²) in [6.45, 7) is 2.19. The van der Waals surface area contributed by atoms with Gasteiger partial charge in [-0.25, -0.2) is 0 Å². The smallest absolute Gasteiger partial charge is 0.0641 e. The summed E-state index contributed by atoms with van der Waals surface area (Å²) < 4.78 is 4.86. The second-order valence-electron chi connectivity index (χ2n) is 8.68. The zero-order valence-electron chi connectivity index (χ0n) is 18.4. The number of nitrogens with zero attached hydrogens (tertiary/aromatic N) is 2. The third-order valence-corrected chi connectivity index (χ3v) is 6.84. The second kappa shape index (κ2) is 6.85. The first-order valence-corrected chi connectivity index (χ1v) is 11.4. The third-order valence-electron chi connectivity index (χ3n) is 6.84.